The molecule has 0 radical (unpaired) electrons. The fourth-order valence-corrected chi connectivity index (χ4v) is 5.79. The van der Waals surface area contributed by atoms with E-state index in [2.05, 4.69) is 10.6 Å². The minimum atomic E-state index is -0.317. The molecule has 1 aromatic carbocycles. The van der Waals surface area contributed by atoms with Crippen LogP contribution in [0.3, 0.4) is 0 Å². The second kappa shape index (κ2) is 6.75. The Morgan fingerprint density at radius 1 is 1.12 bits per heavy atom. The Bertz CT molecular complexity index is 729. The summed E-state index contributed by atoms with van der Waals surface area (Å²) >= 11 is 0. The minimum absolute atomic E-state index is 0.132. The Kier molecular flexibility index (Phi) is 4.44. The second-order valence-electron chi connectivity index (χ2n) is 8.46. The molecule has 5 heteroatoms. The van der Waals surface area contributed by atoms with Gasteiger partial charge in [0.15, 0.2) is 0 Å². The first-order valence-corrected chi connectivity index (χ1v) is 9.60. The highest BCUT2D eigenvalue weighted by Gasteiger charge is 2.54. The zero-order valence-corrected chi connectivity index (χ0v) is 15.0. The van der Waals surface area contributed by atoms with E-state index in [0.717, 1.165) is 42.6 Å². The molecule has 4 fully saturated rings. The summed E-state index contributed by atoms with van der Waals surface area (Å²) in [5.41, 5.74) is 1.48. The zero-order chi connectivity index (χ0) is 18.1. The number of nitrogens with one attached hydrogen (secondary N) is 2. The molecule has 4 saturated carbocycles. The summed E-state index contributed by atoms with van der Waals surface area (Å²) in [5.74, 6) is 2.17. The number of amides is 2. The summed E-state index contributed by atoms with van der Waals surface area (Å²) in [5, 5.41) is 14.4. The number of rotatable bonds is 5. The molecule has 0 heterocycles. The summed E-state index contributed by atoms with van der Waals surface area (Å²) in [6.07, 6.45) is 7.02. The largest absolute Gasteiger partial charge is 0.352 e. The maximum absolute atomic E-state index is 13.0. The molecule has 0 saturated heterocycles. The first-order valence-electron chi connectivity index (χ1n) is 9.60. The van der Waals surface area contributed by atoms with Crippen LogP contribution in [0.5, 0.6) is 0 Å². The van der Waals surface area contributed by atoms with Crippen LogP contribution in [0.15, 0.2) is 24.3 Å². The van der Waals surface area contributed by atoms with Crippen LogP contribution in [0.4, 0.5) is 5.69 Å². The average molecular weight is 351 g/mol. The predicted octanol–water partition coefficient (Wildman–Crippen LogP) is 3.37. The molecule has 2 amide bonds. The van der Waals surface area contributed by atoms with Crippen molar-refractivity contribution in [3.63, 3.8) is 0 Å². The van der Waals surface area contributed by atoms with Crippen molar-refractivity contribution in [2.24, 2.45) is 23.2 Å². The SMILES string of the molecule is N#CCC(=O)Nc1cccc(CNC(=O)C23CC4CC(CC(C4)C2)C3)c1. The highest BCUT2D eigenvalue weighted by molar-refractivity contribution is 5.92. The van der Waals surface area contributed by atoms with E-state index >= 15 is 0 Å². The number of benzene rings is 1. The van der Waals surface area contributed by atoms with Gasteiger partial charge in [-0.15, -0.1) is 0 Å². The zero-order valence-electron chi connectivity index (χ0n) is 15.0. The third-order valence-electron chi connectivity index (χ3n) is 6.42. The summed E-state index contributed by atoms with van der Waals surface area (Å²) in [4.78, 5) is 24.5. The number of carbonyl (C=O) groups excluding carboxylic acids is 2. The Morgan fingerprint density at radius 2 is 1.77 bits per heavy atom. The first kappa shape index (κ1) is 17.1. The van der Waals surface area contributed by atoms with E-state index in [-0.39, 0.29) is 23.7 Å². The number of hydrogen-bond acceptors (Lipinski definition) is 3. The molecule has 136 valence electrons. The molecule has 0 aliphatic heterocycles. The van der Waals surface area contributed by atoms with Crippen LogP contribution < -0.4 is 10.6 Å². The van der Waals surface area contributed by atoms with Crippen LogP contribution in [-0.2, 0) is 16.1 Å². The molecule has 5 rings (SSSR count). The fourth-order valence-electron chi connectivity index (χ4n) is 5.79. The van der Waals surface area contributed by atoms with Crippen molar-refractivity contribution < 1.29 is 9.59 Å². The Balaban J connectivity index is 1.38. The average Bonchev–Trinajstić information content (AvgIpc) is 2.59. The lowest BCUT2D eigenvalue weighted by Gasteiger charge is -2.55. The van der Waals surface area contributed by atoms with Crippen LogP contribution >= 0.6 is 0 Å². The smallest absolute Gasteiger partial charge is 0.238 e. The molecule has 5 nitrogen and oxygen atoms in total. The molecule has 0 aromatic heterocycles. The molecule has 4 aliphatic carbocycles. The van der Waals surface area contributed by atoms with Gasteiger partial charge in [-0.3, -0.25) is 9.59 Å². The van der Waals surface area contributed by atoms with Crippen molar-refractivity contribution in [2.45, 2.75) is 51.5 Å². The van der Waals surface area contributed by atoms with Crippen molar-refractivity contribution in [3.8, 4) is 6.07 Å². The molecular formula is C21H25N3O2. The van der Waals surface area contributed by atoms with Crippen molar-refractivity contribution >= 4 is 17.5 Å². The predicted molar refractivity (Wildman–Crippen MR) is 97.8 cm³/mol. The minimum Gasteiger partial charge on any atom is -0.352 e. The second-order valence-corrected chi connectivity index (χ2v) is 8.46. The van der Waals surface area contributed by atoms with Gasteiger partial charge in [0.05, 0.1) is 6.07 Å². The Hall–Kier alpha value is -2.35. The van der Waals surface area contributed by atoms with Crippen LogP contribution in [0.2, 0.25) is 0 Å². The molecule has 0 atom stereocenters. The van der Waals surface area contributed by atoms with Crippen molar-refractivity contribution in [1.82, 2.24) is 5.32 Å². The topological polar surface area (TPSA) is 82.0 Å². The maximum Gasteiger partial charge on any atom is 0.238 e. The van der Waals surface area contributed by atoms with E-state index in [1.54, 1.807) is 6.07 Å². The van der Waals surface area contributed by atoms with Gasteiger partial charge < -0.3 is 10.6 Å². The lowest BCUT2D eigenvalue weighted by atomic mass is 9.49. The van der Waals surface area contributed by atoms with Gasteiger partial charge in [0.25, 0.3) is 0 Å². The molecule has 0 unspecified atom stereocenters. The van der Waals surface area contributed by atoms with E-state index in [0.29, 0.717) is 12.2 Å². The number of carbonyl (C=O) groups is 2. The Labute approximate surface area is 154 Å². The highest BCUT2D eigenvalue weighted by atomic mass is 16.2. The molecule has 1 aromatic rings. The van der Waals surface area contributed by atoms with Gasteiger partial charge in [0, 0.05) is 17.6 Å². The molecule has 2 N–H and O–H groups in total. The first-order chi connectivity index (χ1) is 12.6. The molecule has 4 bridgehead atoms. The monoisotopic (exact) mass is 351 g/mol. The van der Waals surface area contributed by atoms with Crippen molar-refractivity contribution in [1.29, 1.82) is 5.26 Å². The standard InChI is InChI=1S/C21H25N3O2/c22-5-4-19(25)24-18-3-1-2-14(9-18)13-23-20(26)21-10-15-6-16(11-21)8-17(7-15)12-21/h1-3,9,15-17H,4,6-8,10-13H2,(H,23,26)(H,24,25). The quantitative estimate of drug-likeness (QED) is 0.853. The van der Waals surface area contributed by atoms with Crippen LogP contribution in [0, 0.1) is 34.5 Å². The summed E-state index contributed by atoms with van der Waals surface area (Å²) in [6, 6.07) is 9.28. The fraction of sp³-hybridized carbons (Fsp3) is 0.571. The van der Waals surface area contributed by atoms with E-state index in [4.69, 9.17) is 5.26 Å². The summed E-state index contributed by atoms with van der Waals surface area (Å²) < 4.78 is 0. The summed E-state index contributed by atoms with van der Waals surface area (Å²) in [6.45, 7) is 0.475. The van der Waals surface area contributed by atoms with E-state index in [9.17, 15) is 9.59 Å². The lowest BCUT2D eigenvalue weighted by Crippen LogP contribution is -2.53. The third-order valence-corrected chi connectivity index (χ3v) is 6.42. The van der Waals surface area contributed by atoms with Gasteiger partial charge >= 0.3 is 0 Å². The Morgan fingerprint density at radius 3 is 2.38 bits per heavy atom. The highest BCUT2D eigenvalue weighted by Crippen LogP contribution is 2.60. The summed E-state index contributed by atoms with van der Waals surface area (Å²) in [7, 11) is 0. The lowest BCUT2D eigenvalue weighted by molar-refractivity contribution is -0.146. The van der Waals surface area contributed by atoms with Gasteiger partial charge in [-0.05, 0) is 74.0 Å². The number of anilines is 1. The molecule has 26 heavy (non-hydrogen) atoms. The van der Waals surface area contributed by atoms with Gasteiger partial charge in [-0.25, -0.2) is 0 Å². The van der Waals surface area contributed by atoms with Crippen LogP contribution in [0.1, 0.15) is 50.5 Å². The normalized spacial score (nSPS) is 31.3. The van der Waals surface area contributed by atoms with Crippen molar-refractivity contribution in [3.05, 3.63) is 29.8 Å². The number of nitriles is 1. The van der Waals surface area contributed by atoms with E-state index < -0.39 is 0 Å². The van der Waals surface area contributed by atoms with Crippen LogP contribution in [0.25, 0.3) is 0 Å². The third kappa shape index (κ3) is 3.33. The van der Waals surface area contributed by atoms with Gasteiger partial charge in [-0.2, -0.15) is 5.26 Å². The van der Waals surface area contributed by atoms with E-state index in [1.807, 2.05) is 24.3 Å². The van der Waals surface area contributed by atoms with Gasteiger partial charge in [0.1, 0.15) is 6.42 Å². The molecule has 0 spiro atoms. The van der Waals surface area contributed by atoms with Crippen molar-refractivity contribution in [2.75, 3.05) is 5.32 Å². The van der Waals surface area contributed by atoms with Crippen LogP contribution in [-0.4, -0.2) is 11.8 Å². The number of hydrogen-bond donors (Lipinski definition) is 2. The van der Waals surface area contributed by atoms with Gasteiger partial charge in [-0.1, -0.05) is 12.1 Å². The van der Waals surface area contributed by atoms with Gasteiger partial charge in [0.2, 0.25) is 11.8 Å². The number of nitrogens with zero attached hydrogens (tertiary/aromatic N) is 1. The van der Waals surface area contributed by atoms with E-state index in [1.165, 1.54) is 19.3 Å². The maximum atomic E-state index is 13.0. The molecular weight excluding hydrogens is 326 g/mol. The molecule has 4 aliphatic rings.